The minimum atomic E-state index is -0.143. The Balaban J connectivity index is 2.52. The number of rotatable bonds is 2. The molecular formula is C12H9Br2NO3S2. The minimum absolute atomic E-state index is 0.000402. The highest BCUT2D eigenvalue weighted by molar-refractivity contribution is 9.13. The quantitative estimate of drug-likeness (QED) is 0.562. The molecule has 0 radical (unpaired) electrons. The average Bonchev–Trinajstić information content (AvgIpc) is 2.67. The van der Waals surface area contributed by atoms with Gasteiger partial charge in [0.25, 0.3) is 5.91 Å². The smallest absolute Gasteiger partial charge is 0.265 e. The van der Waals surface area contributed by atoms with Crippen molar-refractivity contribution in [2.75, 3.05) is 14.2 Å². The SMILES string of the molecule is COc1cc(/C=C2/SC(=S)N(C)C2=O)c(Br)c(Br)c1O. The third-order valence-corrected chi connectivity index (χ3v) is 6.31. The van der Waals surface area contributed by atoms with E-state index in [1.54, 1.807) is 19.2 Å². The van der Waals surface area contributed by atoms with Crippen LogP contribution in [0, 0.1) is 0 Å². The van der Waals surface area contributed by atoms with E-state index in [0.29, 0.717) is 29.5 Å². The van der Waals surface area contributed by atoms with Gasteiger partial charge in [-0.2, -0.15) is 0 Å². The van der Waals surface area contributed by atoms with Crippen molar-refractivity contribution in [3.8, 4) is 11.5 Å². The second kappa shape index (κ2) is 6.05. The number of carbonyl (C=O) groups is 1. The van der Waals surface area contributed by atoms with Gasteiger partial charge in [0.15, 0.2) is 11.5 Å². The van der Waals surface area contributed by atoms with Gasteiger partial charge in [-0.3, -0.25) is 9.69 Å². The Morgan fingerprint density at radius 1 is 1.45 bits per heavy atom. The molecular weight excluding hydrogens is 430 g/mol. The normalized spacial score (nSPS) is 17.2. The van der Waals surface area contributed by atoms with Gasteiger partial charge in [0.2, 0.25) is 0 Å². The fourth-order valence-electron chi connectivity index (χ4n) is 1.56. The Kier molecular flexibility index (Phi) is 4.78. The van der Waals surface area contributed by atoms with E-state index < -0.39 is 0 Å². The van der Waals surface area contributed by atoms with E-state index in [9.17, 15) is 9.90 Å². The lowest BCUT2D eigenvalue weighted by Gasteiger charge is -2.10. The molecule has 1 aliphatic heterocycles. The van der Waals surface area contributed by atoms with Gasteiger partial charge in [0.1, 0.15) is 4.32 Å². The number of benzene rings is 1. The van der Waals surface area contributed by atoms with E-state index in [0.717, 1.165) is 0 Å². The molecule has 4 nitrogen and oxygen atoms in total. The highest BCUT2D eigenvalue weighted by Crippen LogP contribution is 2.43. The molecule has 20 heavy (non-hydrogen) atoms. The van der Waals surface area contributed by atoms with Crippen LogP contribution in [0.2, 0.25) is 0 Å². The first-order valence-corrected chi connectivity index (χ1v) is 8.14. The van der Waals surface area contributed by atoms with E-state index in [4.69, 9.17) is 17.0 Å². The number of phenols is 1. The number of amides is 1. The summed E-state index contributed by atoms with van der Waals surface area (Å²) in [5, 5.41) is 9.88. The number of nitrogens with zero attached hydrogens (tertiary/aromatic N) is 1. The van der Waals surface area contributed by atoms with Crippen molar-refractivity contribution in [1.29, 1.82) is 0 Å². The van der Waals surface area contributed by atoms with E-state index in [1.165, 1.54) is 23.8 Å². The summed E-state index contributed by atoms with van der Waals surface area (Å²) < 4.78 is 6.72. The van der Waals surface area contributed by atoms with Crippen molar-refractivity contribution in [3.63, 3.8) is 0 Å². The first-order valence-electron chi connectivity index (χ1n) is 5.33. The molecule has 0 aromatic heterocycles. The van der Waals surface area contributed by atoms with Gasteiger partial charge in [0, 0.05) is 11.5 Å². The Hall–Kier alpha value is -0.570. The maximum Gasteiger partial charge on any atom is 0.265 e. The molecule has 1 saturated heterocycles. The maximum absolute atomic E-state index is 12.0. The lowest BCUT2D eigenvalue weighted by atomic mass is 10.2. The van der Waals surface area contributed by atoms with Crippen LogP contribution in [0.5, 0.6) is 11.5 Å². The summed E-state index contributed by atoms with van der Waals surface area (Å²) in [4.78, 5) is 13.9. The van der Waals surface area contributed by atoms with Crippen LogP contribution in [-0.4, -0.2) is 34.4 Å². The van der Waals surface area contributed by atoms with E-state index in [-0.39, 0.29) is 11.7 Å². The zero-order chi connectivity index (χ0) is 15.0. The summed E-state index contributed by atoms with van der Waals surface area (Å²) in [6.45, 7) is 0. The van der Waals surface area contributed by atoms with Crippen molar-refractivity contribution in [1.82, 2.24) is 4.90 Å². The van der Waals surface area contributed by atoms with Gasteiger partial charge in [0.05, 0.1) is 16.5 Å². The topological polar surface area (TPSA) is 49.8 Å². The summed E-state index contributed by atoms with van der Waals surface area (Å²) >= 11 is 13.0. The van der Waals surface area contributed by atoms with Crippen molar-refractivity contribution in [2.24, 2.45) is 0 Å². The molecule has 1 heterocycles. The minimum Gasteiger partial charge on any atom is -0.503 e. The number of ether oxygens (including phenoxy) is 1. The van der Waals surface area contributed by atoms with Gasteiger partial charge in [-0.25, -0.2) is 0 Å². The Morgan fingerprint density at radius 3 is 2.60 bits per heavy atom. The van der Waals surface area contributed by atoms with Crippen LogP contribution in [0.25, 0.3) is 6.08 Å². The first kappa shape index (κ1) is 15.8. The van der Waals surface area contributed by atoms with Gasteiger partial charge in [-0.15, -0.1) is 0 Å². The van der Waals surface area contributed by atoms with Crippen LogP contribution in [0.4, 0.5) is 0 Å². The van der Waals surface area contributed by atoms with Crippen LogP contribution < -0.4 is 4.74 Å². The fraction of sp³-hybridized carbons (Fsp3) is 0.167. The molecule has 1 aromatic rings. The zero-order valence-electron chi connectivity index (χ0n) is 10.4. The summed E-state index contributed by atoms with van der Waals surface area (Å²) in [5.41, 5.74) is 0.709. The van der Waals surface area contributed by atoms with E-state index in [1.807, 2.05) is 0 Å². The highest BCUT2D eigenvalue weighted by Gasteiger charge is 2.29. The molecule has 1 amide bonds. The molecule has 1 aliphatic rings. The highest BCUT2D eigenvalue weighted by atomic mass is 79.9. The number of halogens is 2. The van der Waals surface area contributed by atoms with Crippen LogP contribution in [0.1, 0.15) is 5.56 Å². The molecule has 1 aromatic carbocycles. The Labute approximate surface area is 142 Å². The Bertz CT molecular complexity index is 646. The third kappa shape index (κ3) is 2.74. The molecule has 2 rings (SSSR count). The van der Waals surface area contributed by atoms with Crippen molar-refractivity contribution >= 4 is 72.1 Å². The van der Waals surface area contributed by atoms with Crippen LogP contribution in [0.3, 0.4) is 0 Å². The molecule has 0 spiro atoms. The van der Waals surface area contributed by atoms with Crippen LogP contribution in [0.15, 0.2) is 19.9 Å². The van der Waals surface area contributed by atoms with Gasteiger partial charge in [-0.1, -0.05) is 24.0 Å². The number of aromatic hydroxyl groups is 1. The number of methoxy groups -OCH3 is 1. The maximum atomic E-state index is 12.0. The largest absolute Gasteiger partial charge is 0.503 e. The number of thiocarbonyl (C=S) groups is 1. The van der Waals surface area contributed by atoms with Crippen LogP contribution >= 0.6 is 55.8 Å². The lowest BCUT2D eigenvalue weighted by Crippen LogP contribution is -2.22. The predicted octanol–water partition coefficient (Wildman–Crippen LogP) is 3.76. The Morgan fingerprint density at radius 2 is 2.10 bits per heavy atom. The van der Waals surface area contributed by atoms with Crippen LogP contribution in [-0.2, 0) is 4.79 Å². The monoisotopic (exact) mass is 437 g/mol. The predicted molar refractivity (Wildman–Crippen MR) is 91.0 cm³/mol. The third-order valence-electron chi connectivity index (χ3n) is 2.67. The molecule has 0 bridgehead atoms. The first-order chi connectivity index (χ1) is 9.36. The molecule has 0 unspecified atom stereocenters. The number of phenolic OH excluding ortho intramolecular Hbond substituents is 1. The van der Waals surface area contributed by atoms with Gasteiger partial charge in [-0.05, 0) is 49.6 Å². The van der Waals surface area contributed by atoms with Gasteiger partial charge < -0.3 is 9.84 Å². The molecule has 0 atom stereocenters. The number of likely N-dealkylation sites (N-methyl/N-ethyl adjacent to an activating group) is 1. The molecule has 106 valence electrons. The lowest BCUT2D eigenvalue weighted by molar-refractivity contribution is -0.121. The number of thioether (sulfide) groups is 1. The van der Waals surface area contributed by atoms with Crippen molar-refractivity contribution in [2.45, 2.75) is 0 Å². The fourth-order valence-corrected chi connectivity index (χ4v) is 3.57. The summed E-state index contributed by atoms with van der Waals surface area (Å²) in [6.07, 6.45) is 1.71. The van der Waals surface area contributed by atoms with E-state index in [2.05, 4.69) is 31.9 Å². The molecule has 0 saturated carbocycles. The van der Waals surface area contributed by atoms with Crippen molar-refractivity contribution in [3.05, 3.63) is 25.5 Å². The summed E-state index contributed by atoms with van der Waals surface area (Å²) in [7, 11) is 3.10. The number of carbonyl (C=O) groups excluding carboxylic acids is 1. The van der Waals surface area contributed by atoms with E-state index >= 15 is 0 Å². The number of hydrogen-bond donors (Lipinski definition) is 1. The molecule has 1 fully saturated rings. The standard InChI is InChI=1S/C12H9Br2NO3S2/c1-15-11(17)7(20-12(15)19)4-5-3-6(18-2)10(16)9(14)8(5)13/h3-4,16H,1-2H3/b7-4+. The second-order valence-electron chi connectivity index (χ2n) is 3.89. The zero-order valence-corrected chi connectivity index (χ0v) is 15.2. The average molecular weight is 439 g/mol. The summed E-state index contributed by atoms with van der Waals surface area (Å²) in [6, 6.07) is 1.65. The molecule has 0 aliphatic carbocycles. The summed E-state index contributed by atoms with van der Waals surface area (Å²) in [5.74, 6) is 0.174. The molecule has 8 heteroatoms. The number of hydrogen-bond acceptors (Lipinski definition) is 5. The van der Waals surface area contributed by atoms with Crippen molar-refractivity contribution < 1.29 is 14.6 Å². The molecule has 1 N–H and O–H groups in total. The second-order valence-corrected chi connectivity index (χ2v) is 7.15. The van der Waals surface area contributed by atoms with Gasteiger partial charge >= 0.3 is 0 Å².